The third kappa shape index (κ3) is 6.34. The van der Waals surface area contributed by atoms with Crippen LogP contribution in [0, 0.1) is 6.92 Å². The predicted octanol–water partition coefficient (Wildman–Crippen LogP) is 3.27. The summed E-state index contributed by atoms with van der Waals surface area (Å²) >= 11 is 0. The van der Waals surface area contributed by atoms with Gasteiger partial charge in [-0.3, -0.25) is 9.59 Å². The van der Waals surface area contributed by atoms with Crippen molar-refractivity contribution in [1.82, 2.24) is 4.90 Å². The van der Waals surface area contributed by atoms with Crippen LogP contribution in [-0.4, -0.2) is 42.9 Å². The van der Waals surface area contributed by atoms with Gasteiger partial charge >= 0.3 is 12.1 Å². The van der Waals surface area contributed by atoms with E-state index in [1.54, 1.807) is 12.1 Å². The molecular formula is C20H19F3N2O4. The second-order valence-electron chi connectivity index (χ2n) is 6.28. The fraction of sp³-hybridized carbons (Fsp3) is 0.250. The molecule has 1 N–H and O–H groups in total. The van der Waals surface area contributed by atoms with E-state index in [-0.39, 0.29) is 6.54 Å². The molecular weight excluding hydrogens is 389 g/mol. The Morgan fingerprint density at radius 2 is 1.66 bits per heavy atom. The number of anilines is 1. The van der Waals surface area contributed by atoms with Crippen molar-refractivity contribution in [1.29, 1.82) is 0 Å². The van der Waals surface area contributed by atoms with Crippen LogP contribution in [-0.2, 0) is 20.5 Å². The number of halogens is 3. The Morgan fingerprint density at radius 3 is 2.28 bits per heavy atom. The second-order valence-corrected chi connectivity index (χ2v) is 6.28. The highest BCUT2D eigenvalue weighted by Gasteiger charge is 2.35. The number of carbonyl (C=O) groups is 3. The SMILES string of the molecule is Cc1ccc(NC(=O)CN(C)C(=O)COC(=O)c2ccccc2C(F)(F)F)cc1. The molecule has 154 valence electrons. The van der Waals surface area contributed by atoms with Crippen LogP contribution in [0.15, 0.2) is 48.5 Å². The molecule has 0 aromatic heterocycles. The molecule has 0 heterocycles. The molecule has 2 aromatic carbocycles. The van der Waals surface area contributed by atoms with Gasteiger partial charge in [-0.05, 0) is 31.2 Å². The van der Waals surface area contributed by atoms with Crippen LogP contribution in [0.3, 0.4) is 0 Å². The fourth-order valence-electron chi connectivity index (χ4n) is 2.36. The molecule has 0 bridgehead atoms. The van der Waals surface area contributed by atoms with Crippen molar-refractivity contribution in [2.24, 2.45) is 0 Å². The first-order valence-electron chi connectivity index (χ1n) is 8.51. The van der Waals surface area contributed by atoms with Crippen molar-refractivity contribution in [3.63, 3.8) is 0 Å². The van der Waals surface area contributed by atoms with Gasteiger partial charge in [-0.2, -0.15) is 13.2 Å². The van der Waals surface area contributed by atoms with Crippen LogP contribution in [0.5, 0.6) is 0 Å². The molecule has 9 heteroatoms. The van der Waals surface area contributed by atoms with Crippen LogP contribution in [0.25, 0.3) is 0 Å². The van der Waals surface area contributed by atoms with Crippen molar-refractivity contribution in [2.45, 2.75) is 13.1 Å². The quantitative estimate of drug-likeness (QED) is 0.745. The molecule has 0 saturated carbocycles. The first-order valence-corrected chi connectivity index (χ1v) is 8.51. The molecule has 0 spiro atoms. The molecule has 0 aliphatic rings. The maximum Gasteiger partial charge on any atom is 0.417 e. The molecule has 6 nitrogen and oxygen atoms in total. The number of aryl methyl sites for hydroxylation is 1. The number of ether oxygens (including phenoxy) is 1. The highest BCUT2D eigenvalue weighted by atomic mass is 19.4. The molecule has 29 heavy (non-hydrogen) atoms. The number of hydrogen-bond donors (Lipinski definition) is 1. The van der Waals surface area contributed by atoms with Crippen molar-refractivity contribution >= 4 is 23.5 Å². The van der Waals surface area contributed by atoms with Gasteiger partial charge in [0.15, 0.2) is 6.61 Å². The maximum absolute atomic E-state index is 13.0. The van der Waals surface area contributed by atoms with E-state index in [1.165, 1.54) is 13.1 Å². The van der Waals surface area contributed by atoms with E-state index < -0.39 is 41.7 Å². The lowest BCUT2D eigenvalue weighted by Gasteiger charge is -2.17. The average molecular weight is 408 g/mol. The molecule has 0 aliphatic carbocycles. The summed E-state index contributed by atoms with van der Waals surface area (Å²) < 4.78 is 43.6. The van der Waals surface area contributed by atoms with Gasteiger partial charge in [0, 0.05) is 12.7 Å². The van der Waals surface area contributed by atoms with Crippen molar-refractivity contribution in [3.8, 4) is 0 Å². The Bertz CT molecular complexity index is 895. The zero-order chi connectivity index (χ0) is 21.6. The van der Waals surface area contributed by atoms with Gasteiger partial charge in [-0.15, -0.1) is 0 Å². The standard InChI is InChI=1S/C20H19F3N2O4/c1-13-7-9-14(10-8-13)24-17(26)11-25(2)18(27)12-29-19(28)15-5-3-4-6-16(15)20(21,22)23/h3-10H,11-12H2,1-2H3,(H,24,26). The van der Waals surface area contributed by atoms with E-state index in [4.69, 9.17) is 4.74 Å². The highest BCUT2D eigenvalue weighted by molar-refractivity contribution is 5.96. The fourth-order valence-corrected chi connectivity index (χ4v) is 2.36. The number of carbonyl (C=O) groups excluding carboxylic acids is 3. The molecule has 0 fully saturated rings. The van der Waals surface area contributed by atoms with Crippen molar-refractivity contribution in [3.05, 3.63) is 65.2 Å². The molecule has 0 saturated heterocycles. The predicted molar refractivity (Wildman–Crippen MR) is 99.2 cm³/mol. The largest absolute Gasteiger partial charge is 0.452 e. The van der Waals surface area contributed by atoms with Crippen molar-refractivity contribution < 1.29 is 32.3 Å². The molecule has 0 aliphatic heterocycles. The average Bonchev–Trinajstić information content (AvgIpc) is 2.66. The number of likely N-dealkylation sites (N-methyl/N-ethyl adjacent to an activating group) is 1. The maximum atomic E-state index is 13.0. The van der Waals surface area contributed by atoms with Crippen molar-refractivity contribution in [2.75, 3.05) is 25.5 Å². The van der Waals surface area contributed by atoms with Gasteiger partial charge in [0.2, 0.25) is 5.91 Å². The van der Waals surface area contributed by atoms with E-state index in [1.807, 2.05) is 19.1 Å². The van der Waals surface area contributed by atoms with E-state index in [0.29, 0.717) is 5.69 Å². The minimum absolute atomic E-state index is 0.316. The second kappa shape index (κ2) is 9.22. The molecule has 2 amide bonds. The number of benzene rings is 2. The normalized spacial score (nSPS) is 10.9. The van der Waals surface area contributed by atoms with Crippen LogP contribution < -0.4 is 5.32 Å². The lowest BCUT2D eigenvalue weighted by molar-refractivity contribution is -0.138. The molecule has 2 aromatic rings. The zero-order valence-electron chi connectivity index (χ0n) is 15.7. The summed E-state index contributed by atoms with van der Waals surface area (Å²) in [5.41, 5.74) is -0.267. The van der Waals surface area contributed by atoms with Gasteiger partial charge in [0.1, 0.15) is 0 Å². The summed E-state index contributed by atoms with van der Waals surface area (Å²) in [5, 5.41) is 2.60. The van der Waals surface area contributed by atoms with E-state index >= 15 is 0 Å². The van der Waals surface area contributed by atoms with Gasteiger partial charge in [-0.25, -0.2) is 4.79 Å². The van der Waals surface area contributed by atoms with E-state index in [2.05, 4.69) is 5.32 Å². The number of nitrogens with zero attached hydrogens (tertiary/aromatic N) is 1. The number of amides is 2. The van der Waals surface area contributed by atoms with Crippen LogP contribution in [0.4, 0.5) is 18.9 Å². The zero-order valence-corrected chi connectivity index (χ0v) is 15.7. The number of nitrogens with one attached hydrogen (secondary N) is 1. The van der Waals surface area contributed by atoms with Gasteiger partial charge in [-0.1, -0.05) is 29.8 Å². The lowest BCUT2D eigenvalue weighted by atomic mass is 10.1. The molecule has 0 unspecified atom stereocenters. The van der Waals surface area contributed by atoms with Crippen LogP contribution >= 0.6 is 0 Å². The van der Waals surface area contributed by atoms with Gasteiger partial charge in [0.25, 0.3) is 5.91 Å². The first kappa shape index (κ1) is 21.9. The number of rotatable bonds is 6. The number of hydrogen-bond acceptors (Lipinski definition) is 4. The van der Waals surface area contributed by atoms with Crippen LogP contribution in [0.2, 0.25) is 0 Å². The Morgan fingerprint density at radius 1 is 1.03 bits per heavy atom. The Hall–Kier alpha value is -3.36. The summed E-state index contributed by atoms with van der Waals surface area (Å²) in [4.78, 5) is 37.0. The third-order valence-electron chi connectivity index (χ3n) is 3.92. The Balaban J connectivity index is 1.89. The summed E-state index contributed by atoms with van der Waals surface area (Å²) in [6.45, 7) is 0.787. The monoisotopic (exact) mass is 408 g/mol. The van der Waals surface area contributed by atoms with Gasteiger partial charge < -0.3 is 15.0 Å². The molecule has 0 radical (unpaired) electrons. The summed E-state index contributed by atoms with van der Waals surface area (Å²) in [7, 11) is 1.31. The van der Waals surface area contributed by atoms with Crippen LogP contribution in [0.1, 0.15) is 21.5 Å². The topological polar surface area (TPSA) is 75.7 Å². The minimum atomic E-state index is -4.73. The highest BCUT2D eigenvalue weighted by Crippen LogP contribution is 2.32. The smallest absolute Gasteiger partial charge is 0.417 e. The van der Waals surface area contributed by atoms with Gasteiger partial charge in [0.05, 0.1) is 17.7 Å². The Labute approximate surface area is 165 Å². The molecule has 0 atom stereocenters. The number of esters is 1. The Kier molecular flexibility index (Phi) is 6.98. The third-order valence-corrected chi connectivity index (χ3v) is 3.92. The van der Waals surface area contributed by atoms with E-state index in [9.17, 15) is 27.6 Å². The lowest BCUT2D eigenvalue weighted by Crippen LogP contribution is -2.37. The summed E-state index contributed by atoms with van der Waals surface area (Å²) in [6.07, 6.45) is -4.73. The summed E-state index contributed by atoms with van der Waals surface area (Å²) in [6, 6.07) is 11.1. The summed E-state index contributed by atoms with van der Waals surface area (Å²) in [5.74, 6) is -2.48. The number of alkyl halides is 3. The minimum Gasteiger partial charge on any atom is -0.452 e. The first-order chi connectivity index (χ1) is 13.6. The molecule has 2 rings (SSSR count). The van der Waals surface area contributed by atoms with E-state index in [0.717, 1.165) is 28.7 Å².